The molecule has 0 spiro atoms. The van der Waals surface area contributed by atoms with Gasteiger partial charge in [-0.25, -0.2) is 0 Å². The number of benzene rings is 1. The van der Waals surface area contributed by atoms with Crippen LogP contribution in [0.2, 0.25) is 0 Å². The zero-order chi connectivity index (χ0) is 17.4. The van der Waals surface area contributed by atoms with Crippen molar-refractivity contribution in [3.63, 3.8) is 0 Å². The molecule has 132 valence electrons. The van der Waals surface area contributed by atoms with E-state index in [1.165, 1.54) is 5.56 Å². The average molecular weight is 331 g/mol. The van der Waals surface area contributed by atoms with Gasteiger partial charge in [0.05, 0.1) is 5.92 Å². The topological polar surface area (TPSA) is 66.4 Å². The van der Waals surface area contributed by atoms with E-state index < -0.39 is 5.97 Å². The Morgan fingerprint density at radius 2 is 1.71 bits per heavy atom. The first-order valence-corrected chi connectivity index (χ1v) is 9.17. The molecule has 1 amide bonds. The Labute approximate surface area is 144 Å². The van der Waals surface area contributed by atoms with Crippen LogP contribution in [-0.4, -0.2) is 23.0 Å². The largest absolute Gasteiger partial charge is 0.481 e. The molecule has 0 aromatic heterocycles. The highest BCUT2D eigenvalue weighted by atomic mass is 16.4. The van der Waals surface area contributed by atoms with Crippen molar-refractivity contribution >= 4 is 11.9 Å². The van der Waals surface area contributed by atoms with Crippen LogP contribution in [0.3, 0.4) is 0 Å². The minimum Gasteiger partial charge on any atom is -0.481 e. The second-order valence-corrected chi connectivity index (χ2v) is 6.91. The second-order valence-electron chi connectivity index (χ2n) is 6.91. The molecule has 0 saturated heterocycles. The lowest BCUT2D eigenvalue weighted by Gasteiger charge is -2.27. The minimum atomic E-state index is -0.722. The van der Waals surface area contributed by atoms with E-state index in [0.29, 0.717) is 25.7 Å². The third-order valence-electron chi connectivity index (χ3n) is 5.06. The Bertz CT molecular complexity index is 521. The number of carboxylic acid groups (broad SMARTS) is 1. The molecule has 4 heteroatoms. The van der Waals surface area contributed by atoms with Crippen molar-refractivity contribution in [2.24, 2.45) is 11.8 Å². The smallest absolute Gasteiger partial charge is 0.306 e. The molecule has 1 fully saturated rings. The number of hydrogen-bond donors (Lipinski definition) is 2. The van der Waals surface area contributed by atoms with Gasteiger partial charge in [0.2, 0.25) is 5.91 Å². The number of amides is 1. The van der Waals surface area contributed by atoms with Gasteiger partial charge in [-0.3, -0.25) is 9.59 Å². The summed E-state index contributed by atoms with van der Waals surface area (Å²) >= 11 is 0. The summed E-state index contributed by atoms with van der Waals surface area (Å²) in [5, 5.41) is 12.3. The molecule has 1 unspecified atom stereocenters. The van der Waals surface area contributed by atoms with Gasteiger partial charge in [-0.1, -0.05) is 43.7 Å². The summed E-state index contributed by atoms with van der Waals surface area (Å²) in [4.78, 5) is 23.5. The van der Waals surface area contributed by atoms with E-state index in [4.69, 9.17) is 5.11 Å². The van der Waals surface area contributed by atoms with Crippen LogP contribution in [0.25, 0.3) is 0 Å². The molecule has 1 aliphatic carbocycles. The van der Waals surface area contributed by atoms with E-state index >= 15 is 0 Å². The molecule has 1 aromatic rings. The standard InChI is InChI=1S/C20H29NO3/c1-2-6-18(14-9-15-7-4-3-5-8-15)21-19(22)16-10-12-17(13-11-16)20(23)24/h3-5,7-8,16-18H,2,6,9-14H2,1H3,(H,21,22)(H,23,24). The molecular formula is C20H29NO3. The SMILES string of the molecule is CCCC(CCc1ccccc1)NC(=O)C1CCC(C(=O)O)CC1. The number of carbonyl (C=O) groups is 2. The summed E-state index contributed by atoms with van der Waals surface area (Å²) in [5.41, 5.74) is 1.30. The van der Waals surface area contributed by atoms with E-state index in [9.17, 15) is 9.59 Å². The van der Waals surface area contributed by atoms with E-state index in [-0.39, 0.29) is 23.8 Å². The van der Waals surface area contributed by atoms with Crippen molar-refractivity contribution in [3.05, 3.63) is 35.9 Å². The molecule has 2 N–H and O–H groups in total. The zero-order valence-corrected chi connectivity index (χ0v) is 14.5. The Morgan fingerprint density at radius 1 is 1.08 bits per heavy atom. The fraction of sp³-hybridized carbons (Fsp3) is 0.600. The maximum absolute atomic E-state index is 12.5. The lowest BCUT2D eigenvalue weighted by Crippen LogP contribution is -2.40. The van der Waals surface area contributed by atoms with Gasteiger partial charge in [-0.2, -0.15) is 0 Å². The molecule has 1 aliphatic rings. The lowest BCUT2D eigenvalue weighted by atomic mass is 9.81. The van der Waals surface area contributed by atoms with Gasteiger partial charge in [0.15, 0.2) is 0 Å². The van der Waals surface area contributed by atoms with Gasteiger partial charge in [0.1, 0.15) is 0 Å². The third-order valence-corrected chi connectivity index (χ3v) is 5.06. The molecular weight excluding hydrogens is 302 g/mol. The summed E-state index contributed by atoms with van der Waals surface area (Å²) in [5.74, 6) is -0.888. The minimum absolute atomic E-state index is 0.0170. The quantitative estimate of drug-likeness (QED) is 0.761. The summed E-state index contributed by atoms with van der Waals surface area (Å²) in [6.45, 7) is 2.14. The molecule has 1 saturated carbocycles. The lowest BCUT2D eigenvalue weighted by molar-refractivity contribution is -0.144. The Morgan fingerprint density at radius 3 is 2.29 bits per heavy atom. The van der Waals surface area contributed by atoms with Crippen LogP contribution in [0.4, 0.5) is 0 Å². The highest BCUT2D eigenvalue weighted by Gasteiger charge is 2.30. The predicted molar refractivity (Wildman–Crippen MR) is 94.7 cm³/mol. The maximum atomic E-state index is 12.5. The number of aliphatic carboxylic acids is 1. The van der Waals surface area contributed by atoms with Crippen LogP contribution in [-0.2, 0) is 16.0 Å². The summed E-state index contributed by atoms with van der Waals surface area (Å²) in [6.07, 6.45) is 6.59. The highest BCUT2D eigenvalue weighted by molar-refractivity contribution is 5.79. The fourth-order valence-electron chi connectivity index (χ4n) is 3.54. The number of carbonyl (C=O) groups excluding carboxylic acids is 1. The van der Waals surface area contributed by atoms with Crippen LogP contribution >= 0.6 is 0 Å². The number of carboxylic acids is 1. The number of hydrogen-bond acceptors (Lipinski definition) is 2. The molecule has 24 heavy (non-hydrogen) atoms. The number of aryl methyl sites for hydroxylation is 1. The molecule has 0 aliphatic heterocycles. The number of nitrogens with one attached hydrogen (secondary N) is 1. The monoisotopic (exact) mass is 331 g/mol. The molecule has 1 atom stereocenters. The average Bonchev–Trinajstić information content (AvgIpc) is 2.60. The Kier molecular flexibility index (Phi) is 7.29. The normalized spacial score (nSPS) is 21.9. The van der Waals surface area contributed by atoms with E-state index in [1.54, 1.807) is 0 Å². The maximum Gasteiger partial charge on any atom is 0.306 e. The Hall–Kier alpha value is -1.84. The van der Waals surface area contributed by atoms with Crippen molar-refractivity contribution in [1.29, 1.82) is 0 Å². The van der Waals surface area contributed by atoms with Gasteiger partial charge in [0, 0.05) is 12.0 Å². The third kappa shape index (κ3) is 5.66. The van der Waals surface area contributed by atoms with Crippen molar-refractivity contribution in [1.82, 2.24) is 5.32 Å². The zero-order valence-electron chi connectivity index (χ0n) is 14.5. The molecule has 2 rings (SSSR count). The van der Waals surface area contributed by atoms with Crippen LogP contribution in [0, 0.1) is 11.8 Å². The summed E-state index contributed by atoms with van der Waals surface area (Å²) in [7, 11) is 0. The molecule has 4 nitrogen and oxygen atoms in total. The van der Waals surface area contributed by atoms with E-state index in [2.05, 4.69) is 24.4 Å². The van der Waals surface area contributed by atoms with Crippen molar-refractivity contribution in [2.45, 2.75) is 64.3 Å². The molecule has 0 radical (unpaired) electrons. The first kappa shape index (κ1) is 18.5. The van der Waals surface area contributed by atoms with Gasteiger partial charge in [-0.15, -0.1) is 0 Å². The molecule has 0 bridgehead atoms. The van der Waals surface area contributed by atoms with E-state index in [0.717, 1.165) is 25.7 Å². The number of rotatable bonds is 8. The highest BCUT2D eigenvalue weighted by Crippen LogP contribution is 2.29. The fourth-order valence-corrected chi connectivity index (χ4v) is 3.54. The van der Waals surface area contributed by atoms with Crippen molar-refractivity contribution in [2.75, 3.05) is 0 Å². The molecule has 1 aromatic carbocycles. The Balaban J connectivity index is 1.81. The van der Waals surface area contributed by atoms with Gasteiger partial charge in [-0.05, 0) is 50.5 Å². The van der Waals surface area contributed by atoms with Crippen LogP contribution in [0.15, 0.2) is 30.3 Å². The van der Waals surface area contributed by atoms with Crippen LogP contribution < -0.4 is 5.32 Å². The van der Waals surface area contributed by atoms with Crippen LogP contribution in [0.5, 0.6) is 0 Å². The first-order valence-electron chi connectivity index (χ1n) is 9.17. The summed E-state index contributed by atoms with van der Waals surface area (Å²) < 4.78 is 0. The van der Waals surface area contributed by atoms with Gasteiger partial charge in [0.25, 0.3) is 0 Å². The van der Waals surface area contributed by atoms with Crippen LogP contribution in [0.1, 0.15) is 57.4 Å². The van der Waals surface area contributed by atoms with Gasteiger partial charge >= 0.3 is 5.97 Å². The first-order chi connectivity index (χ1) is 11.6. The van der Waals surface area contributed by atoms with Crippen molar-refractivity contribution in [3.8, 4) is 0 Å². The predicted octanol–water partition coefficient (Wildman–Crippen LogP) is 3.80. The van der Waals surface area contributed by atoms with Gasteiger partial charge < -0.3 is 10.4 Å². The van der Waals surface area contributed by atoms with Crippen molar-refractivity contribution < 1.29 is 14.7 Å². The van der Waals surface area contributed by atoms with E-state index in [1.807, 2.05) is 18.2 Å². The summed E-state index contributed by atoms with van der Waals surface area (Å²) in [6, 6.07) is 10.6. The second kappa shape index (κ2) is 9.45. The molecule has 0 heterocycles.